The van der Waals surface area contributed by atoms with Gasteiger partial charge in [0, 0.05) is 6.26 Å². The van der Waals surface area contributed by atoms with Crippen molar-refractivity contribution in [1.29, 1.82) is 0 Å². The van der Waals surface area contributed by atoms with Gasteiger partial charge in [-0.15, -0.1) is 0 Å². The van der Waals surface area contributed by atoms with Gasteiger partial charge in [-0.3, -0.25) is 4.74 Å². The minimum atomic E-state index is -3.72. The lowest BCUT2D eigenvalue weighted by Crippen LogP contribution is -2.17. The number of halogens is 2. The van der Waals surface area contributed by atoms with Crippen molar-refractivity contribution in [2.75, 3.05) is 6.26 Å². The molecule has 0 aliphatic rings. The molecule has 0 spiro atoms. The first-order chi connectivity index (χ1) is 6.91. The van der Waals surface area contributed by atoms with E-state index >= 15 is 0 Å². The zero-order chi connectivity index (χ0) is 11.5. The minimum absolute atomic E-state index is 0.195. The number of rotatable bonds is 4. The van der Waals surface area contributed by atoms with E-state index in [-0.39, 0.29) is 5.56 Å². The van der Waals surface area contributed by atoms with E-state index < -0.39 is 21.9 Å². The molecule has 1 aromatic rings. The van der Waals surface area contributed by atoms with Crippen LogP contribution in [0.1, 0.15) is 11.0 Å². The molecular weight excluding hydrogens is 226 g/mol. The highest BCUT2D eigenvalue weighted by Gasteiger charge is 2.26. The highest BCUT2D eigenvalue weighted by molar-refractivity contribution is 7.90. The third kappa shape index (κ3) is 3.56. The standard InChI is InChI=1S/C9H10F2O3S/c1-15(12,13)8(14-9(10)11)7-5-3-2-4-6-7/h2-6,8-9H,1H3. The Kier molecular flexibility index (Phi) is 3.76. The number of alkyl halides is 2. The Morgan fingerprint density at radius 3 is 2.13 bits per heavy atom. The third-order valence-corrected chi connectivity index (χ3v) is 2.85. The molecule has 0 N–H and O–H groups in total. The van der Waals surface area contributed by atoms with Crippen molar-refractivity contribution in [1.82, 2.24) is 0 Å². The summed E-state index contributed by atoms with van der Waals surface area (Å²) in [6, 6.07) is 7.62. The second kappa shape index (κ2) is 4.67. The van der Waals surface area contributed by atoms with Crippen molar-refractivity contribution >= 4 is 9.84 Å². The largest absolute Gasteiger partial charge is 0.346 e. The molecule has 0 aliphatic carbocycles. The highest BCUT2D eigenvalue weighted by atomic mass is 32.2. The van der Waals surface area contributed by atoms with Gasteiger partial charge >= 0.3 is 6.61 Å². The molecule has 0 saturated carbocycles. The first kappa shape index (κ1) is 12.1. The van der Waals surface area contributed by atoms with Gasteiger partial charge in [-0.2, -0.15) is 8.78 Å². The first-order valence-corrected chi connectivity index (χ1v) is 6.04. The summed E-state index contributed by atoms with van der Waals surface area (Å²) >= 11 is 0. The minimum Gasteiger partial charge on any atom is -0.298 e. The molecule has 15 heavy (non-hydrogen) atoms. The Hall–Kier alpha value is -1.01. The molecule has 1 atom stereocenters. The van der Waals surface area contributed by atoms with Gasteiger partial charge in [0.1, 0.15) is 0 Å². The molecule has 1 aromatic carbocycles. The monoisotopic (exact) mass is 236 g/mol. The molecule has 0 aliphatic heterocycles. The Labute approximate surface area is 86.6 Å². The molecule has 0 aromatic heterocycles. The van der Waals surface area contributed by atoms with E-state index in [9.17, 15) is 17.2 Å². The predicted molar refractivity (Wildman–Crippen MR) is 51.1 cm³/mol. The van der Waals surface area contributed by atoms with Crippen LogP contribution < -0.4 is 0 Å². The van der Waals surface area contributed by atoms with Crippen LogP contribution in [0.2, 0.25) is 0 Å². The van der Waals surface area contributed by atoms with E-state index in [1.165, 1.54) is 12.1 Å². The Morgan fingerprint density at radius 1 is 1.20 bits per heavy atom. The van der Waals surface area contributed by atoms with E-state index in [1.807, 2.05) is 0 Å². The second-order valence-corrected chi connectivity index (χ2v) is 5.06. The summed E-state index contributed by atoms with van der Waals surface area (Å²) in [5.74, 6) is 0. The topological polar surface area (TPSA) is 43.4 Å². The molecule has 6 heteroatoms. The molecule has 1 unspecified atom stereocenters. The molecule has 3 nitrogen and oxygen atoms in total. The number of hydrogen-bond donors (Lipinski definition) is 0. The van der Waals surface area contributed by atoms with Crippen molar-refractivity contribution in [2.45, 2.75) is 12.0 Å². The molecule has 0 fully saturated rings. The van der Waals surface area contributed by atoms with E-state index in [0.717, 1.165) is 6.26 Å². The summed E-state index contributed by atoms with van der Waals surface area (Å²) in [6.45, 7) is -3.12. The van der Waals surface area contributed by atoms with Crippen molar-refractivity contribution in [3.8, 4) is 0 Å². The van der Waals surface area contributed by atoms with E-state index in [1.54, 1.807) is 18.2 Å². The average molecular weight is 236 g/mol. The summed E-state index contributed by atoms with van der Waals surface area (Å²) < 4.78 is 50.5. The zero-order valence-corrected chi connectivity index (χ0v) is 8.75. The maximum atomic E-state index is 12.0. The van der Waals surface area contributed by atoms with Crippen LogP contribution in [0, 0.1) is 0 Å². The van der Waals surface area contributed by atoms with Crippen LogP contribution >= 0.6 is 0 Å². The van der Waals surface area contributed by atoms with Crippen molar-refractivity contribution in [3.05, 3.63) is 35.9 Å². The van der Waals surface area contributed by atoms with Gasteiger partial charge < -0.3 is 0 Å². The van der Waals surface area contributed by atoms with Gasteiger partial charge in [-0.05, 0) is 5.56 Å². The van der Waals surface area contributed by atoms with Crippen LogP contribution in [0.4, 0.5) is 8.78 Å². The lowest BCUT2D eigenvalue weighted by atomic mass is 10.2. The normalized spacial score (nSPS) is 14.1. The molecule has 0 amide bonds. The molecule has 0 heterocycles. The molecule has 1 rings (SSSR count). The van der Waals surface area contributed by atoms with Crippen LogP contribution in [-0.4, -0.2) is 21.3 Å². The van der Waals surface area contributed by atoms with Crippen LogP contribution in [0.15, 0.2) is 30.3 Å². The SMILES string of the molecule is CS(=O)(=O)C(OC(F)F)c1ccccc1. The van der Waals surface area contributed by atoms with E-state index in [4.69, 9.17) is 0 Å². The number of hydrogen-bond acceptors (Lipinski definition) is 3. The van der Waals surface area contributed by atoms with Gasteiger partial charge in [0.2, 0.25) is 0 Å². The first-order valence-electron chi connectivity index (χ1n) is 4.08. The third-order valence-electron chi connectivity index (χ3n) is 1.69. The fourth-order valence-electron chi connectivity index (χ4n) is 1.13. The number of sulfone groups is 1. The molecular formula is C9H10F2O3S. The summed E-state index contributed by atoms with van der Waals surface area (Å²) in [7, 11) is -3.72. The van der Waals surface area contributed by atoms with E-state index in [0.29, 0.717) is 0 Å². The van der Waals surface area contributed by atoms with Crippen LogP contribution in [0.3, 0.4) is 0 Å². The Morgan fingerprint density at radius 2 is 1.73 bits per heavy atom. The maximum absolute atomic E-state index is 12.0. The van der Waals surface area contributed by atoms with Gasteiger partial charge in [-0.1, -0.05) is 30.3 Å². The lowest BCUT2D eigenvalue weighted by molar-refractivity contribution is -0.142. The summed E-state index contributed by atoms with van der Waals surface area (Å²) in [4.78, 5) is 0. The smallest absolute Gasteiger partial charge is 0.298 e. The zero-order valence-electron chi connectivity index (χ0n) is 7.93. The molecule has 0 bridgehead atoms. The predicted octanol–water partition coefficient (Wildman–Crippen LogP) is 1.97. The van der Waals surface area contributed by atoms with Gasteiger partial charge in [-0.25, -0.2) is 8.42 Å². The fourth-order valence-corrected chi connectivity index (χ4v) is 2.07. The fraction of sp³-hybridized carbons (Fsp3) is 0.333. The average Bonchev–Trinajstić information content (AvgIpc) is 2.14. The van der Waals surface area contributed by atoms with Crippen LogP contribution in [0.25, 0.3) is 0 Å². The summed E-state index contributed by atoms with van der Waals surface area (Å²) in [6.07, 6.45) is 0.854. The number of ether oxygens (including phenoxy) is 1. The van der Waals surface area contributed by atoms with Crippen molar-refractivity contribution in [3.63, 3.8) is 0 Å². The van der Waals surface area contributed by atoms with Crippen LogP contribution in [0.5, 0.6) is 0 Å². The Bertz CT molecular complexity index is 403. The van der Waals surface area contributed by atoms with Gasteiger partial charge in [0.15, 0.2) is 15.3 Å². The van der Waals surface area contributed by atoms with Crippen molar-refractivity contribution in [2.24, 2.45) is 0 Å². The molecule has 0 radical (unpaired) electrons. The van der Waals surface area contributed by atoms with E-state index in [2.05, 4.69) is 4.74 Å². The highest BCUT2D eigenvalue weighted by Crippen LogP contribution is 2.25. The second-order valence-electron chi connectivity index (χ2n) is 2.97. The summed E-state index contributed by atoms with van der Waals surface area (Å²) in [5, 5.41) is 0. The maximum Gasteiger partial charge on any atom is 0.346 e. The van der Waals surface area contributed by atoms with Crippen molar-refractivity contribution < 1.29 is 21.9 Å². The Balaban J connectivity index is 3.03. The molecule has 84 valence electrons. The van der Waals surface area contributed by atoms with Gasteiger partial charge in [0.05, 0.1) is 0 Å². The quantitative estimate of drug-likeness (QED) is 0.802. The van der Waals surface area contributed by atoms with Crippen LogP contribution in [-0.2, 0) is 14.6 Å². The summed E-state index contributed by atoms with van der Waals surface area (Å²) in [5.41, 5.74) is -1.42. The number of benzene rings is 1. The molecule has 0 saturated heterocycles. The van der Waals surface area contributed by atoms with Gasteiger partial charge in [0.25, 0.3) is 0 Å². The lowest BCUT2D eigenvalue weighted by Gasteiger charge is -2.15.